The monoisotopic (exact) mass is 396 g/mol. The number of benzene rings is 1. The standard InChI is InChI=1S/C22H28N4O3/c1-18(27)26(17-19-4-3-10-23-16-19)11-9-22(28)25-14-12-24(13-15-25)20-5-7-21(29-2)8-6-20/h3-8,10,16H,9,11-15,17H2,1-2H3. The fraction of sp³-hybridized carbons (Fsp3) is 0.409. The Bertz CT molecular complexity index is 803. The zero-order valence-electron chi connectivity index (χ0n) is 17.1. The third-order valence-corrected chi connectivity index (χ3v) is 5.21. The fourth-order valence-electron chi connectivity index (χ4n) is 3.46. The average Bonchev–Trinajstić information content (AvgIpc) is 2.77. The number of aromatic nitrogens is 1. The van der Waals surface area contributed by atoms with Crippen molar-refractivity contribution < 1.29 is 14.3 Å². The molecule has 2 heterocycles. The van der Waals surface area contributed by atoms with Gasteiger partial charge in [0.05, 0.1) is 7.11 Å². The lowest BCUT2D eigenvalue weighted by Gasteiger charge is -2.36. The van der Waals surface area contributed by atoms with Crippen molar-refractivity contribution in [1.29, 1.82) is 0 Å². The van der Waals surface area contributed by atoms with E-state index in [9.17, 15) is 9.59 Å². The van der Waals surface area contributed by atoms with E-state index in [1.165, 1.54) is 6.92 Å². The molecule has 3 rings (SSSR count). The molecule has 1 saturated heterocycles. The minimum atomic E-state index is -0.0361. The maximum Gasteiger partial charge on any atom is 0.224 e. The number of ether oxygens (including phenoxy) is 1. The summed E-state index contributed by atoms with van der Waals surface area (Å²) in [5, 5.41) is 0. The first-order chi connectivity index (χ1) is 14.1. The van der Waals surface area contributed by atoms with E-state index < -0.39 is 0 Å². The first kappa shape index (κ1) is 20.6. The van der Waals surface area contributed by atoms with Gasteiger partial charge in [-0.15, -0.1) is 0 Å². The van der Waals surface area contributed by atoms with Gasteiger partial charge >= 0.3 is 0 Å². The van der Waals surface area contributed by atoms with Crippen LogP contribution in [0.5, 0.6) is 5.75 Å². The number of piperazine rings is 1. The lowest BCUT2D eigenvalue weighted by molar-refractivity contribution is -0.134. The zero-order chi connectivity index (χ0) is 20.6. The van der Waals surface area contributed by atoms with Crippen LogP contribution in [-0.2, 0) is 16.1 Å². The number of nitrogens with zero attached hydrogens (tertiary/aromatic N) is 4. The van der Waals surface area contributed by atoms with E-state index in [2.05, 4.69) is 9.88 Å². The third kappa shape index (κ3) is 5.70. The Kier molecular flexibility index (Phi) is 7.05. The molecule has 7 heteroatoms. The van der Waals surface area contributed by atoms with Crippen LogP contribution in [0.3, 0.4) is 0 Å². The van der Waals surface area contributed by atoms with Gasteiger partial charge in [-0.3, -0.25) is 14.6 Å². The van der Waals surface area contributed by atoms with Crippen molar-refractivity contribution in [2.24, 2.45) is 0 Å². The smallest absolute Gasteiger partial charge is 0.224 e. The Morgan fingerprint density at radius 2 is 1.83 bits per heavy atom. The number of hydrogen-bond acceptors (Lipinski definition) is 5. The van der Waals surface area contributed by atoms with E-state index in [1.54, 1.807) is 24.4 Å². The normalized spacial score (nSPS) is 13.9. The summed E-state index contributed by atoms with van der Waals surface area (Å²) in [5.41, 5.74) is 2.10. The molecule has 2 aromatic rings. The first-order valence-electron chi connectivity index (χ1n) is 9.88. The second-order valence-corrected chi connectivity index (χ2v) is 7.12. The van der Waals surface area contributed by atoms with Crippen molar-refractivity contribution in [3.63, 3.8) is 0 Å². The second-order valence-electron chi connectivity index (χ2n) is 7.12. The first-order valence-corrected chi connectivity index (χ1v) is 9.88. The Balaban J connectivity index is 1.47. The number of pyridine rings is 1. The highest BCUT2D eigenvalue weighted by molar-refractivity contribution is 5.78. The van der Waals surface area contributed by atoms with Crippen LogP contribution in [0.4, 0.5) is 5.69 Å². The molecule has 1 aromatic carbocycles. The molecule has 0 aliphatic carbocycles. The van der Waals surface area contributed by atoms with Gasteiger partial charge in [0.2, 0.25) is 11.8 Å². The number of carbonyl (C=O) groups is 2. The summed E-state index contributed by atoms with van der Waals surface area (Å²) in [4.78, 5) is 34.5. The molecule has 1 fully saturated rings. The number of hydrogen-bond donors (Lipinski definition) is 0. The van der Waals surface area contributed by atoms with Crippen LogP contribution in [0.25, 0.3) is 0 Å². The van der Waals surface area contributed by atoms with Crippen LogP contribution < -0.4 is 9.64 Å². The van der Waals surface area contributed by atoms with Crippen molar-refractivity contribution in [2.75, 3.05) is 44.7 Å². The molecule has 0 spiro atoms. The summed E-state index contributed by atoms with van der Waals surface area (Å²) >= 11 is 0. The number of amides is 2. The van der Waals surface area contributed by atoms with E-state index in [4.69, 9.17) is 4.74 Å². The van der Waals surface area contributed by atoms with Crippen molar-refractivity contribution in [3.8, 4) is 5.75 Å². The van der Waals surface area contributed by atoms with Crippen LogP contribution in [-0.4, -0.2) is 66.4 Å². The van der Waals surface area contributed by atoms with Gasteiger partial charge < -0.3 is 19.4 Å². The van der Waals surface area contributed by atoms with Crippen molar-refractivity contribution >= 4 is 17.5 Å². The van der Waals surface area contributed by atoms with Gasteiger partial charge in [-0.25, -0.2) is 0 Å². The van der Waals surface area contributed by atoms with Gasteiger partial charge in [0.1, 0.15) is 5.75 Å². The van der Waals surface area contributed by atoms with E-state index >= 15 is 0 Å². The summed E-state index contributed by atoms with van der Waals surface area (Å²) in [6.45, 7) is 5.40. The molecule has 0 unspecified atom stereocenters. The Morgan fingerprint density at radius 3 is 2.41 bits per heavy atom. The molecule has 154 valence electrons. The minimum absolute atomic E-state index is 0.0361. The minimum Gasteiger partial charge on any atom is -0.497 e. The number of rotatable bonds is 7. The topological polar surface area (TPSA) is 66.0 Å². The number of carbonyl (C=O) groups excluding carboxylic acids is 2. The molecule has 0 saturated carbocycles. The molecule has 0 N–H and O–H groups in total. The molecular weight excluding hydrogens is 368 g/mol. The molecule has 1 aliphatic rings. The molecule has 1 aromatic heterocycles. The van der Waals surface area contributed by atoms with Crippen LogP contribution in [0.2, 0.25) is 0 Å². The quantitative estimate of drug-likeness (QED) is 0.718. The van der Waals surface area contributed by atoms with Crippen LogP contribution in [0.1, 0.15) is 18.9 Å². The highest BCUT2D eigenvalue weighted by Crippen LogP contribution is 2.20. The number of anilines is 1. The summed E-state index contributed by atoms with van der Waals surface area (Å²) < 4.78 is 5.20. The van der Waals surface area contributed by atoms with E-state index in [0.29, 0.717) is 32.6 Å². The Hall–Kier alpha value is -3.09. The number of methoxy groups -OCH3 is 1. The van der Waals surface area contributed by atoms with Gasteiger partial charge in [0.15, 0.2) is 0 Å². The fourth-order valence-corrected chi connectivity index (χ4v) is 3.46. The molecule has 1 aliphatic heterocycles. The molecule has 0 bridgehead atoms. The predicted molar refractivity (Wildman–Crippen MR) is 112 cm³/mol. The van der Waals surface area contributed by atoms with Gasteiger partial charge in [-0.05, 0) is 35.9 Å². The van der Waals surface area contributed by atoms with Crippen LogP contribution in [0, 0.1) is 0 Å². The van der Waals surface area contributed by atoms with E-state index in [0.717, 1.165) is 30.1 Å². The van der Waals surface area contributed by atoms with E-state index in [-0.39, 0.29) is 11.8 Å². The highest BCUT2D eigenvalue weighted by Gasteiger charge is 2.22. The zero-order valence-corrected chi connectivity index (χ0v) is 17.1. The second kappa shape index (κ2) is 9.91. The molecule has 0 radical (unpaired) electrons. The molecule has 29 heavy (non-hydrogen) atoms. The highest BCUT2D eigenvalue weighted by atomic mass is 16.5. The van der Waals surface area contributed by atoms with E-state index in [1.807, 2.05) is 41.3 Å². The lowest BCUT2D eigenvalue weighted by Crippen LogP contribution is -2.49. The molecular formula is C22H28N4O3. The Morgan fingerprint density at radius 1 is 1.10 bits per heavy atom. The maximum atomic E-state index is 12.6. The van der Waals surface area contributed by atoms with Crippen LogP contribution in [0.15, 0.2) is 48.8 Å². The van der Waals surface area contributed by atoms with Crippen molar-refractivity contribution in [1.82, 2.24) is 14.8 Å². The van der Waals surface area contributed by atoms with Crippen molar-refractivity contribution in [2.45, 2.75) is 19.9 Å². The Labute approximate surface area is 171 Å². The summed E-state index contributed by atoms with van der Waals surface area (Å²) in [5.74, 6) is 0.895. The van der Waals surface area contributed by atoms with Gasteiger partial charge in [-0.2, -0.15) is 0 Å². The lowest BCUT2D eigenvalue weighted by atomic mass is 10.2. The van der Waals surface area contributed by atoms with Crippen LogP contribution >= 0.6 is 0 Å². The maximum absolute atomic E-state index is 12.6. The molecule has 7 nitrogen and oxygen atoms in total. The third-order valence-electron chi connectivity index (χ3n) is 5.21. The average molecular weight is 396 g/mol. The van der Waals surface area contributed by atoms with Crippen molar-refractivity contribution in [3.05, 3.63) is 54.4 Å². The van der Waals surface area contributed by atoms with Gasteiger partial charge in [-0.1, -0.05) is 6.07 Å². The summed E-state index contributed by atoms with van der Waals surface area (Å²) in [6, 6.07) is 11.8. The SMILES string of the molecule is COc1ccc(N2CCN(C(=O)CCN(Cc3cccnc3)C(C)=O)CC2)cc1. The molecule has 2 amide bonds. The predicted octanol–water partition coefficient (Wildman–Crippen LogP) is 2.18. The molecule has 0 atom stereocenters. The largest absolute Gasteiger partial charge is 0.497 e. The van der Waals surface area contributed by atoms with Gasteiger partial charge in [0, 0.05) is 70.7 Å². The summed E-state index contributed by atoms with van der Waals surface area (Å²) in [6.07, 6.45) is 3.79. The summed E-state index contributed by atoms with van der Waals surface area (Å²) in [7, 11) is 1.66. The van der Waals surface area contributed by atoms with Gasteiger partial charge in [0.25, 0.3) is 0 Å².